The van der Waals surface area contributed by atoms with Gasteiger partial charge in [0, 0.05) is 22.7 Å². The number of hydrogen-bond acceptors (Lipinski definition) is 2. The van der Waals surface area contributed by atoms with E-state index in [-0.39, 0.29) is 34.3 Å². The first kappa shape index (κ1) is 10.7. The van der Waals surface area contributed by atoms with Gasteiger partial charge in [0.25, 0.3) is 0 Å². The highest BCUT2D eigenvalue weighted by Gasteiger charge is 2.85. The van der Waals surface area contributed by atoms with Gasteiger partial charge in [0.1, 0.15) is 0 Å². The van der Waals surface area contributed by atoms with Gasteiger partial charge < -0.3 is 0 Å². The lowest BCUT2D eigenvalue weighted by Gasteiger charge is -2.41. The number of rotatable bonds is 0. The van der Waals surface area contributed by atoms with Crippen LogP contribution in [-0.2, 0) is 7.05 Å². The van der Waals surface area contributed by atoms with Crippen LogP contribution < -0.4 is 11.4 Å². The van der Waals surface area contributed by atoms with E-state index in [1.54, 1.807) is 16.4 Å². The van der Waals surface area contributed by atoms with E-state index in [1.165, 1.54) is 11.0 Å². The Hall–Kier alpha value is -1.04. The van der Waals surface area contributed by atoms with Crippen molar-refractivity contribution in [2.24, 2.45) is 17.9 Å². The fourth-order valence-electron chi connectivity index (χ4n) is 5.37. The molecule has 2 aliphatic heterocycles. The number of alkyl halides is 1. The number of hydrogen-bond donors (Lipinski definition) is 0. The zero-order valence-corrected chi connectivity index (χ0v) is 12.1. The highest BCUT2D eigenvalue weighted by molar-refractivity contribution is 9.09. The van der Waals surface area contributed by atoms with Crippen molar-refractivity contribution in [3.63, 3.8) is 0 Å². The van der Waals surface area contributed by atoms with Crippen molar-refractivity contribution < 1.29 is 0 Å². The molecule has 1 aromatic heterocycles. The molecular formula is C13H14BrN3O2. The van der Waals surface area contributed by atoms with E-state index in [4.69, 9.17) is 0 Å². The lowest BCUT2D eigenvalue weighted by atomic mass is 9.77. The quantitative estimate of drug-likeness (QED) is 0.527. The molecule has 2 fully saturated rings. The van der Waals surface area contributed by atoms with E-state index in [1.807, 2.05) is 0 Å². The average molecular weight is 324 g/mol. The van der Waals surface area contributed by atoms with Crippen LogP contribution >= 0.6 is 15.9 Å². The van der Waals surface area contributed by atoms with Crippen LogP contribution in [0.1, 0.15) is 31.3 Å². The highest BCUT2D eigenvalue weighted by Crippen LogP contribution is 2.86. The summed E-state index contributed by atoms with van der Waals surface area (Å²) in [7, 11) is 1.57. The minimum atomic E-state index is -0.175. The maximum absolute atomic E-state index is 12.3. The molecule has 3 heterocycles. The second-order valence-electron chi connectivity index (χ2n) is 6.38. The van der Waals surface area contributed by atoms with E-state index in [0.29, 0.717) is 4.83 Å². The summed E-state index contributed by atoms with van der Waals surface area (Å²) in [5, 5.41) is 0. The molecule has 0 saturated heterocycles. The Balaban J connectivity index is 1.92. The van der Waals surface area contributed by atoms with Gasteiger partial charge in [0.15, 0.2) is 0 Å². The van der Waals surface area contributed by atoms with E-state index >= 15 is 0 Å². The van der Waals surface area contributed by atoms with E-state index < -0.39 is 0 Å². The fraction of sp³-hybridized carbons (Fsp3) is 0.692. The zero-order valence-electron chi connectivity index (χ0n) is 10.5. The van der Waals surface area contributed by atoms with Gasteiger partial charge in [-0.2, -0.15) is 0 Å². The summed E-state index contributed by atoms with van der Waals surface area (Å²) in [6.07, 6.45) is 7.82. The van der Waals surface area contributed by atoms with E-state index in [9.17, 15) is 9.59 Å². The molecule has 0 radical (unpaired) electrons. The Labute approximate surface area is 117 Å². The monoisotopic (exact) mass is 323 g/mol. The van der Waals surface area contributed by atoms with E-state index in [2.05, 4.69) is 28.1 Å². The smallest absolute Gasteiger partial charge is 0.246 e. The molecule has 6 rings (SSSR count). The topological polar surface area (TPSA) is 48.9 Å². The van der Waals surface area contributed by atoms with Gasteiger partial charge in [0.05, 0.1) is 12.1 Å². The molecule has 3 aliphatic carbocycles. The summed E-state index contributed by atoms with van der Waals surface area (Å²) < 4.78 is 4.65. The summed E-state index contributed by atoms with van der Waals surface area (Å²) in [6, 6.07) is 0.0940. The van der Waals surface area contributed by atoms with Crippen molar-refractivity contribution in [2.75, 3.05) is 0 Å². The standard InChI is InChI=1S/C13H14BrN3O2/c1-15-10(18)16-7-3-4-8(17(16)11(15)19)13-6-2-5-12(7,13)9(13)14/h3-4,7-9H,2,5-6H2,1H3/t7-,8-,12-,13-/m0/s1. The van der Waals surface area contributed by atoms with Gasteiger partial charge in [-0.3, -0.25) is 0 Å². The molecular weight excluding hydrogens is 310 g/mol. The molecule has 0 unspecified atom stereocenters. The number of nitrogens with zero attached hydrogens (tertiary/aromatic N) is 3. The molecule has 2 bridgehead atoms. The third kappa shape index (κ3) is 0.754. The van der Waals surface area contributed by atoms with Crippen LogP contribution in [-0.4, -0.2) is 18.8 Å². The Bertz CT molecular complexity index is 712. The molecule has 19 heavy (non-hydrogen) atoms. The van der Waals surface area contributed by atoms with E-state index in [0.717, 1.165) is 12.8 Å². The lowest BCUT2D eigenvalue weighted by molar-refractivity contribution is 0.122. The van der Waals surface area contributed by atoms with Crippen LogP contribution in [0.2, 0.25) is 0 Å². The SMILES string of the molecule is Cn1c(=O)n2n(c1=O)[C@H]1C=C[C@H]2[C@]23CCC[C@@]12C3Br. The number of halogens is 1. The van der Waals surface area contributed by atoms with Crippen LogP contribution in [0.3, 0.4) is 0 Å². The molecule has 1 aromatic rings. The molecule has 0 amide bonds. The van der Waals surface area contributed by atoms with Gasteiger partial charge in [-0.25, -0.2) is 23.5 Å². The average Bonchev–Trinajstić information content (AvgIpc) is 2.75. The summed E-state index contributed by atoms with van der Waals surface area (Å²) in [5.41, 5.74) is -0.00898. The first-order valence-electron chi connectivity index (χ1n) is 6.80. The Morgan fingerprint density at radius 1 is 1.11 bits per heavy atom. The van der Waals surface area contributed by atoms with Gasteiger partial charge in [-0.1, -0.05) is 34.5 Å². The minimum Gasteiger partial charge on any atom is -0.246 e. The maximum atomic E-state index is 12.3. The molecule has 100 valence electrons. The molecule has 4 atom stereocenters. The van der Waals surface area contributed by atoms with Crippen LogP contribution in [0.25, 0.3) is 0 Å². The maximum Gasteiger partial charge on any atom is 0.347 e. The van der Waals surface area contributed by atoms with Gasteiger partial charge in [-0.05, 0) is 12.8 Å². The first-order chi connectivity index (χ1) is 9.07. The number of aromatic nitrogens is 3. The van der Waals surface area contributed by atoms with Crippen LogP contribution in [0, 0.1) is 10.8 Å². The van der Waals surface area contributed by atoms with Crippen LogP contribution in [0.15, 0.2) is 21.7 Å². The predicted molar refractivity (Wildman–Crippen MR) is 72.6 cm³/mol. The van der Waals surface area contributed by atoms with Crippen molar-refractivity contribution in [3.05, 3.63) is 33.1 Å². The summed E-state index contributed by atoms with van der Waals surface area (Å²) in [5.74, 6) is 0. The highest BCUT2D eigenvalue weighted by atomic mass is 79.9. The van der Waals surface area contributed by atoms with Crippen molar-refractivity contribution >= 4 is 15.9 Å². The lowest BCUT2D eigenvalue weighted by Crippen LogP contribution is -2.47. The van der Waals surface area contributed by atoms with Crippen molar-refractivity contribution in [3.8, 4) is 0 Å². The van der Waals surface area contributed by atoms with Crippen LogP contribution in [0.4, 0.5) is 0 Å². The Morgan fingerprint density at radius 3 is 2.05 bits per heavy atom. The second kappa shape index (κ2) is 2.71. The Kier molecular flexibility index (Phi) is 1.53. The first-order valence-corrected chi connectivity index (χ1v) is 7.71. The van der Waals surface area contributed by atoms with Gasteiger partial charge >= 0.3 is 11.4 Å². The molecule has 0 aromatic carbocycles. The molecule has 2 saturated carbocycles. The minimum absolute atomic E-state index is 0.0470. The van der Waals surface area contributed by atoms with Crippen molar-refractivity contribution in [2.45, 2.75) is 36.2 Å². The molecule has 5 nitrogen and oxygen atoms in total. The zero-order chi connectivity index (χ0) is 13.2. The Morgan fingerprint density at radius 2 is 1.58 bits per heavy atom. The molecule has 0 N–H and O–H groups in total. The largest absolute Gasteiger partial charge is 0.347 e. The summed E-state index contributed by atoms with van der Waals surface area (Å²) in [4.78, 5) is 25.1. The fourth-order valence-corrected chi connectivity index (χ4v) is 7.09. The predicted octanol–water partition coefficient (Wildman–Crippen LogP) is 0.948. The van der Waals surface area contributed by atoms with Crippen molar-refractivity contribution in [1.29, 1.82) is 0 Å². The third-order valence-electron chi connectivity index (χ3n) is 6.12. The normalized spacial score (nSPS) is 48.0. The van der Waals surface area contributed by atoms with Crippen LogP contribution in [0.5, 0.6) is 0 Å². The summed E-state index contributed by atoms with van der Waals surface area (Å²) in [6.45, 7) is 0. The van der Waals surface area contributed by atoms with Gasteiger partial charge in [0.2, 0.25) is 0 Å². The number of allylic oxidation sites excluding steroid dienone is 2. The molecule has 0 spiro atoms. The molecule has 5 aliphatic rings. The second-order valence-corrected chi connectivity index (χ2v) is 7.30. The van der Waals surface area contributed by atoms with Crippen molar-refractivity contribution in [1.82, 2.24) is 13.9 Å². The molecule has 6 heteroatoms. The summed E-state index contributed by atoms with van der Waals surface area (Å²) >= 11 is 3.85. The van der Waals surface area contributed by atoms with Gasteiger partial charge in [-0.15, -0.1) is 0 Å². The third-order valence-corrected chi connectivity index (χ3v) is 7.76.